The lowest BCUT2D eigenvalue weighted by Gasteiger charge is -2.29. The predicted molar refractivity (Wildman–Crippen MR) is 131 cm³/mol. The molecule has 0 saturated heterocycles. The van der Waals surface area contributed by atoms with Gasteiger partial charge in [0.25, 0.3) is 0 Å². The fourth-order valence-corrected chi connectivity index (χ4v) is 4.52. The van der Waals surface area contributed by atoms with E-state index in [1.165, 1.54) is 24.4 Å². The van der Waals surface area contributed by atoms with Gasteiger partial charge in [-0.25, -0.2) is 15.0 Å². The van der Waals surface area contributed by atoms with Crippen molar-refractivity contribution in [3.63, 3.8) is 0 Å². The Hall–Kier alpha value is -3.85. The summed E-state index contributed by atoms with van der Waals surface area (Å²) in [5, 5.41) is 8.18. The molecule has 0 atom stereocenters. The lowest BCUT2D eigenvalue weighted by molar-refractivity contribution is -0.114. The Kier molecular flexibility index (Phi) is 5.70. The summed E-state index contributed by atoms with van der Waals surface area (Å²) in [7, 11) is 0. The van der Waals surface area contributed by atoms with E-state index in [2.05, 4.69) is 59.0 Å². The van der Waals surface area contributed by atoms with Gasteiger partial charge in [0, 0.05) is 42.3 Å². The van der Waals surface area contributed by atoms with Gasteiger partial charge in [0.05, 0.1) is 11.2 Å². The first kappa shape index (κ1) is 21.0. The third kappa shape index (κ3) is 4.54. The number of thiazole rings is 1. The molecule has 3 heterocycles. The van der Waals surface area contributed by atoms with Gasteiger partial charge in [0.2, 0.25) is 17.8 Å². The molecule has 0 bridgehead atoms. The van der Waals surface area contributed by atoms with Gasteiger partial charge in [-0.15, -0.1) is 11.3 Å². The van der Waals surface area contributed by atoms with E-state index < -0.39 is 0 Å². The normalized spacial score (nSPS) is 12.8. The lowest BCUT2D eigenvalue weighted by atomic mass is 9.96. The minimum absolute atomic E-state index is 0.109. The zero-order valence-electron chi connectivity index (χ0n) is 18.4. The summed E-state index contributed by atoms with van der Waals surface area (Å²) < 4.78 is 0. The van der Waals surface area contributed by atoms with Crippen LogP contribution in [0.2, 0.25) is 0 Å². The average Bonchev–Trinajstić information content (AvgIpc) is 3.36. The van der Waals surface area contributed by atoms with Crippen molar-refractivity contribution >= 4 is 40.5 Å². The van der Waals surface area contributed by atoms with Crippen molar-refractivity contribution in [2.75, 3.05) is 22.1 Å². The molecule has 2 aromatic heterocycles. The van der Waals surface area contributed by atoms with E-state index >= 15 is 0 Å². The van der Waals surface area contributed by atoms with E-state index in [9.17, 15) is 4.79 Å². The lowest BCUT2D eigenvalue weighted by Crippen LogP contribution is -2.32. The Balaban J connectivity index is 1.34. The maximum atomic E-state index is 11.4. The maximum Gasteiger partial charge on any atom is 0.232 e. The van der Waals surface area contributed by atoms with Gasteiger partial charge in [-0.05, 0) is 48.2 Å². The minimum atomic E-state index is -0.109. The molecule has 2 N–H and O–H groups in total. The smallest absolute Gasteiger partial charge is 0.232 e. The molecule has 1 aliphatic heterocycles. The standard InChI is InChI=1S/C24H23N7OS/c1-15-20(28-16(2)32)4-3-5-21(15)29-23-25-13-26-24(30-23)31-9-8-17-10-18(6-7-19(17)11-31)22-12-33-14-27-22/h3-7,10,12-14H,8-9,11H2,1-2H3,(H,28,32)(H,25,26,29,30). The monoisotopic (exact) mass is 457 g/mol. The fraction of sp³-hybridized carbons (Fsp3) is 0.208. The van der Waals surface area contributed by atoms with E-state index in [0.29, 0.717) is 11.9 Å². The third-order valence-electron chi connectivity index (χ3n) is 5.68. The molecular weight excluding hydrogens is 434 g/mol. The fourth-order valence-electron chi connectivity index (χ4n) is 3.95. The summed E-state index contributed by atoms with van der Waals surface area (Å²) in [5.74, 6) is 0.993. The Morgan fingerprint density at radius 3 is 2.79 bits per heavy atom. The number of anilines is 4. The highest BCUT2D eigenvalue weighted by molar-refractivity contribution is 7.07. The molecule has 0 unspecified atom stereocenters. The van der Waals surface area contributed by atoms with Crippen LogP contribution in [0.4, 0.5) is 23.3 Å². The first-order valence-electron chi connectivity index (χ1n) is 10.7. The molecule has 33 heavy (non-hydrogen) atoms. The molecular formula is C24H23N7OS. The van der Waals surface area contributed by atoms with E-state index in [4.69, 9.17) is 0 Å². The average molecular weight is 458 g/mol. The largest absolute Gasteiger partial charge is 0.336 e. The van der Waals surface area contributed by atoms with Crippen molar-refractivity contribution in [2.45, 2.75) is 26.8 Å². The number of hydrogen-bond donors (Lipinski definition) is 2. The predicted octanol–water partition coefficient (Wildman–Crippen LogP) is 4.57. The third-order valence-corrected chi connectivity index (χ3v) is 6.27. The molecule has 5 rings (SSSR count). The highest BCUT2D eigenvalue weighted by Crippen LogP contribution is 2.29. The molecule has 0 fully saturated rings. The first-order valence-corrected chi connectivity index (χ1v) is 11.6. The molecule has 0 aliphatic carbocycles. The Morgan fingerprint density at radius 1 is 1.09 bits per heavy atom. The molecule has 1 aliphatic rings. The highest BCUT2D eigenvalue weighted by atomic mass is 32.1. The number of rotatable bonds is 5. The molecule has 0 spiro atoms. The molecule has 8 nitrogen and oxygen atoms in total. The van der Waals surface area contributed by atoms with Crippen molar-refractivity contribution in [3.05, 3.63) is 70.3 Å². The van der Waals surface area contributed by atoms with Gasteiger partial charge in [0.15, 0.2) is 0 Å². The second-order valence-electron chi connectivity index (χ2n) is 7.92. The van der Waals surface area contributed by atoms with Crippen LogP contribution >= 0.6 is 11.3 Å². The number of amides is 1. The summed E-state index contributed by atoms with van der Waals surface area (Å²) in [5.41, 5.74) is 9.16. The van der Waals surface area contributed by atoms with Gasteiger partial charge >= 0.3 is 0 Å². The number of nitrogens with one attached hydrogen (secondary N) is 2. The van der Waals surface area contributed by atoms with Crippen LogP contribution in [0.1, 0.15) is 23.6 Å². The van der Waals surface area contributed by atoms with Crippen LogP contribution in [-0.2, 0) is 17.8 Å². The van der Waals surface area contributed by atoms with Gasteiger partial charge < -0.3 is 15.5 Å². The highest BCUT2D eigenvalue weighted by Gasteiger charge is 2.20. The van der Waals surface area contributed by atoms with Crippen LogP contribution in [-0.4, -0.2) is 32.4 Å². The van der Waals surface area contributed by atoms with Crippen molar-refractivity contribution in [1.29, 1.82) is 0 Å². The number of fused-ring (bicyclic) bond motifs is 1. The number of nitrogens with zero attached hydrogens (tertiary/aromatic N) is 5. The summed E-state index contributed by atoms with van der Waals surface area (Å²) in [4.78, 5) is 31.4. The SMILES string of the molecule is CC(=O)Nc1cccc(Nc2ncnc(N3CCc4cc(-c5cscn5)ccc4C3)n2)c1C. The van der Waals surface area contributed by atoms with Crippen LogP contribution in [0.25, 0.3) is 11.3 Å². The van der Waals surface area contributed by atoms with Crippen LogP contribution < -0.4 is 15.5 Å². The molecule has 9 heteroatoms. The Morgan fingerprint density at radius 2 is 1.97 bits per heavy atom. The number of benzene rings is 2. The van der Waals surface area contributed by atoms with Crippen LogP contribution in [0.3, 0.4) is 0 Å². The summed E-state index contributed by atoms with van der Waals surface area (Å²) in [6, 6.07) is 12.2. The maximum absolute atomic E-state index is 11.4. The zero-order chi connectivity index (χ0) is 22.8. The van der Waals surface area contributed by atoms with E-state index in [1.54, 1.807) is 11.3 Å². The summed E-state index contributed by atoms with van der Waals surface area (Å²) >= 11 is 1.61. The zero-order valence-corrected chi connectivity index (χ0v) is 19.2. The molecule has 2 aromatic carbocycles. The van der Waals surface area contributed by atoms with E-state index in [-0.39, 0.29) is 5.91 Å². The quantitative estimate of drug-likeness (QED) is 0.453. The van der Waals surface area contributed by atoms with Crippen molar-refractivity contribution in [3.8, 4) is 11.3 Å². The van der Waals surface area contributed by atoms with Crippen molar-refractivity contribution in [1.82, 2.24) is 19.9 Å². The topological polar surface area (TPSA) is 95.9 Å². The van der Waals surface area contributed by atoms with Crippen molar-refractivity contribution < 1.29 is 4.79 Å². The van der Waals surface area contributed by atoms with Crippen LogP contribution in [0, 0.1) is 6.92 Å². The first-order chi connectivity index (χ1) is 16.1. The van der Waals surface area contributed by atoms with Gasteiger partial charge in [-0.1, -0.05) is 18.2 Å². The Labute approximate surface area is 195 Å². The van der Waals surface area contributed by atoms with Gasteiger partial charge in [-0.2, -0.15) is 4.98 Å². The second-order valence-corrected chi connectivity index (χ2v) is 8.64. The molecule has 0 radical (unpaired) electrons. The van der Waals surface area contributed by atoms with Gasteiger partial charge in [-0.3, -0.25) is 4.79 Å². The van der Waals surface area contributed by atoms with E-state index in [0.717, 1.165) is 47.7 Å². The Bertz CT molecular complexity index is 1310. The van der Waals surface area contributed by atoms with Gasteiger partial charge in [0.1, 0.15) is 6.33 Å². The van der Waals surface area contributed by atoms with Crippen molar-refractivity contribution in [2.24, 2.45) is 0 Å². The van der Waals surface area contributed by atoms with Crippen LogP contribution in [0.5, 0.6) is 0 Å². The molecule has 1 amide bonds. The molecule has 166 valence electrons. The number of hydrogen-bond acceptors (Lipinski definition) is 8. The second kappa shape index (κ2) is 8.95. The molecule has 4 aromatic rings. The summed E-state index contributed by atoms with van der Waals surface area (Å²) in [6.45, 7) is 5.01. The van der Waals surface area contributed by atoms with E-state index in [1.807, 2.05) is 30.6 Å². The molecule has 0 saturated carbocycles. The number of aromatic nitrogens is 4. The minimum Gasteiger partial charge on any atom is -0.336 e. The summed E-state index contributed by atoms with van der Waals surface area (Å²) in [6.07, 6.45) is 2.44. The number of carbonyl (C=O) groups is 1. The number of carbonyl (C=O) groups excluding carboxylic acids is 1. The van der Waals surface area contributed by atoms with Crippen LogP contribution in [0.15, 0.2) is 53.6 Å².